The molecule has 1 unspecified atom stereocenters. The number of benzene rings is 1. The van der Waals surface area contributed by atoms with Gasteiger partial charge in [-0.25, -0.2) is 0 Å². The molecule has 0 saturated carbocycles. The molecule has 1 N–H and O–H groups in total. The average Bonchev–Trinajstić information content (AvgIpc) is 2.98. The van der Waals surface area contributed by atoms with Crippen LogP contribution >= 0.6 is 27.5 Å². The third-order valence-corrected chi connectivity index (χ3v) is 6.47. The lowest BCUT2D eigenvalue weighted by Crippen LogP contribution is -2.51. The first-order valence-electron chi connectivity index (χ1n) is 8.43. The SMILES string of the molecule is C=C1C(Br)=C(Cl)C2(Oc3c(ccc(O)c3CCCCCC)C2=O)N1C. The lowest BCUT2D eigenvalue weighted by molar-refractivity contribution is 0.0213. The molecule has 0 aromatic heterocycles. The van der Waals surface area contributed by atoms with E-state index in [4.69, 9.17) is 16.3 Å². The first kappa shape index (κ1) is 18.3. The Morgan fingerprint density at radius 1 is 1.36 bits per heavy atom. The van der Waals surface area contributed by atoms with Crippen LogP contribution in [0, 0.1) is 0 Å². The maximum Gasteiger partial charge on any atom is 0.285 e. The normalized spacial score (nSPS) is 22.2. The average molecular weight is 427 g/mol. The van der Waals surface area contributed by atoms with E-state index in [0.29, 0.717) is 33.5 Å². The smallest absolute Gasteiger partial charge is 0.285 e. The minimum absolute atomic E-state index is 0.152. The number of carbonyl (C=O) groups excluding carboxylic acids is 1. The zero-order valence-corrected chi connectivity index (χ0v) is 16.7. The minimum atomic E-state index is -1.42. The molecule has 0 saturated heterocycles. The first-order valence-corrected chi connectivity index (χ1v) is 9.60. The number of unbranched alkanes of at least 4 members (excludes halogenated alkanes) is 3. The number of phenols is 1. The van der Waals surface area contributed by atoms with Crippen LogP contribution in [0.5, 0.6) is 11.5 Å². The van der Waals surface area contributed by atoms with E-state index in [1.807, 2.05) is 0 Å². The molecule has 1 aromatic carbocycles. The van der Waals surface area contributed by atoms with E-state index in [-0.39, 0.29) is 16.6 Å². The molecule has 2 heterocycles. The number of allylic oxidation sites excluding steroid dienone is 1. The summed E-state index contributed by atoms with van der Waals surface area (Å²) in [5, 5.41) is 10.6. The van der Waals surface area contributed by atoms with Crippen molar-refractivity contribution in [2.24, 2.45) is 0 Å². The fraction of sp³-hybridized carbons (Fsp3) is 0.421. The van der Waals surface area contributed by atoms with Gasteiger partial charge in [-0.15, -0.1) is 0 Å². The van der Waals surface area contributed by atoms with E-state index < -0.39 is 5.72 Å². The van der Waals surface area contributed by atoms with Crippen LogP contribution in [0.3, 0.4) is 0 Å². The second-order valence-electron chi connectivity index (χ2n) is 6.46. The van der Waals surface area contributed by atoms with Gasteiger partial charge in [0, 0.05) is 18.3 Å². The maximum absolute atomic E-state index is 13.1. The van der Waals surface area contributed by atoms with Crippen LogP contribution in [0.2, 0.25) is 0 Å². The Morgan fingerprint density at radius 3 is 2.68 bits per heavy atom. The number of phenolic OH excluding ortho intramolecular Hbond substituents is 1. The Hall–Kier alpha value is -1.46. The van der Waals surface area contributed by atoms with Gasteiger partial charge in [-0.1, -0.05) is 44.4 Å². The zero-order chi connectivity index (χ0) is 18.4. The number of hydrogen-bond donors (Lipinski definition) is 1. The summed E-state index contributed by atoms with van der Waals surface area (Å²) in [4.78, 5) is 14.8. The highest BCUT2D eigenvalue weighted by molar-refractivity contribution is 9.12. The number of halogens is 2. The van der Waals surface area contributed by atoms with Crippen LogP contribution in [0.4, 0.5) is 0 Å². The number of ether oxygens (including phenoxy) is 1. The summed E-state index contributed by atoms with van der Waals surface area (Å²) in [6.45, 7) is 6.10. The van der Waals surface area contributed by atoms with Crippen molar-refractivity contribution < 1.29 is 14.6 Å². The first-order chi connectivity index (χ1) is 11.9. The molecule has 6 heteroatoms. The van der Waals surface area contributed by atoms with Crippen LogP contribution in [-0.4, -0.2) is 28.6 Å². The summed E-state index contributed by atoms with van der Waals surface area (Å²) in [7, 11) is 1.73. The van der Waals surface area contributed by atoms with Crippen LogP contribution < -0.4 is 4.74 Å². The molecule has 2 aliphatic heterocycles. The van der Waals surface area contributed by atoms with Gasteiger partial charge < -0.3 is 14.7 Å². The molecule has 1 spiro atoms. The molecule has 134 valence electrons. The summed E-state index contributed by atoms with van der Waals surface area (Å²) in [6, 6.07) is 3.16. The van der Waals surface area contributed by atoms with E-state index in [0.717, 1.165) is 25.7 Å². The van der Waals surface area contributed by atoms with Crippen LogP contribution in [0.15, 0.2) is 33.9 Å². The summed E-state index contributed by atoms with van der Waals surface area (Å²) in [5.41, 5.74) is 0.277. The largest absolute Gasteiger partial charge is 0.508 e. The third kappa shape index (κ3) is 2.59. The van der Waals surface area contributed by atoms with Crippen molar-refractivity contribution in [2.75, 3.05) is 7.05 Å². The van der Waals surface area contributed by atoms with E-state index in [2.05, 4.69) is 29.4 Å². The Labute approximate surface area is 161 Å². The van der Waals surface area contributed by atoms with Gasteiger partial charge in [-0.3, -0.25) is 4.79 Å². The highest BCUT2D eigenvalue weighted by Crippen LogP contribution is 2.53. The summed E-state index contributed by atoms with van der Waals surface area (Å²) in [6.07, 6.45) is 4.94. The molecule has 2 aliphatic rings. The number of ketones is 1. The number of nitrogens with zero attached hydrogens (tertiary/aromatic N) is 1. The monoisotopic (exact) mass is 425 g/mol. The van der Waals surface area contributed by atoms with Crippen molar-refractivity contribution >= 4 is 33.3 Å². The summed E-state index contributed by atoms with van der Waals surface area (Å²) in [5.74, 6) is 0.348. The number of hydrogen-bond acceptors (Lipinski definition) is 4. The summed E-state index contributed by atoms with van der Waals surface area (Å²) >= 11 is 9.84. The van der Waals surface area contributed by atoms with Crippen LogP contribution in [0.25, 0.3) is 0 Å². The van der Waals surface area contributed by atoms with Gasteiger partial charge in [0.05, 0.1) is 10.0 Å². The van der Waals surface area contributed by atoms with Gasteiger partial charge >= 0.3 is 0 Å². The van der Waals surface area contributed by atoms with Crippen molar-refractivity contribution in [1.29, 1.82) is 0 Å². The van der Waals surface area contributed by atoms with Gasteiger partial charge in [0.2, 0.25) is 5.78 Å². The van der Waals surface area contributed by atoms with Crippen LogP contribution in [0.1, 0.15) is 48.5 Å². The fourth-order valence-electron chi connectivity index (χ4n) is 3.38. The maximum atomic E-state index is 13.1. The van der Waals surface area contributed by atoms with Crippen molar-refractivity contribution in [3.63, 3.8) is 0 Å². The quantitative estimate of drug-likeness (QED) is 0.666. The van der Waals surface area contributed by atoms with Gasteiger partial charge in [0.15, 0.2) is 0 Å². The molecule has 0 fully saturated rings. The molecule has 0 radical (unpaired) electrons. The van der Waals surface area contributed by atoms with Gasteiger partial charge in [-0.2, -0.15) is 0 Å². The summed E-state index contributed by atoms with van der Waals surface area (Å²) < 4.78 is 6.70. The molecule has 0 bridgehead atoms. The van der Waals surface area contributed by atoms with E-state index in [1.165, 1.54) is 0 Å². The molecule has 3 rings (SSSR count). The molecular weight excluding hydrogens is 406 g/mol. The van der Waals surface area contributed by atoms with E-state index >= 15 is 0 Å². The Balaban J connectivity index is 2.01. The molecule has 25 heavy (non-hydrogen) atoms. The Bertz CT molecular complexity index is 789. The zero-order valence-electron chi connectivity index (χ0n) is 14.4. The predicted octanol–water partition coefficient (Wildman–Crippen LogP) is 5.09. The lowest BCUT2D eigenvalue weighted by Gasteiger charge is -2.32. The Kier molecular flexibility index (Phi) is 4.91. The molecule has 1 aromatic rings. The second-order valence-corrected chi connectivity index (χ2v) is 7.63. The minimum Gasteiger partial charge on any atom is -0.508 e. The molecule has 0 aliphatic carbocycles. The third-order valence-electron chi connectivity index (χ3n) is 4.94. The van der Waals surface area contributed by atoms with Crippen molar-refractivity contribution in [3.8, 4) is 11.5 Å². The van der Waals surface area contributed by atoms with Crippen molar-refractivity contribution in [2.45, 2.75) is 44.8 Å². The van der Waals surface area contributed by atoms with E-state index in [1.54, 1.807) is 24.1 Å². The second kappa shape index (κ2) is 6.69. The molecule has 4 nitrogen and oxygen atoms in total. The molecule has 1 atom stereocenters. The lowest BCUT2D eigenvalue weighted by atomic mass is 9.98. The van der Waals surface area contributed by atoms with Gasteiger partial charge in [0.1, 0.15) is 16.5 Å². The number of rotatable bonds is 5. The highest BCUT2D eigenvalue weighted by Gasteiger charge is 2.59. The number of Topliss-reactive ketones (excluding diaryl/α,β-unsaturated/α-hetero) is 1. The van der Waals surface area contributed by atoms with E-state index in [9.17, 15) is 9.90 Å². The predicted molar refractivity (Wildman–Crippen MR) is 102 cm³/mol. The highest BCUT2D eigenvalue weighted by atomic mass is 79.9. The molecular formula is C19H21BrClNO3. The number of likely N-dealkylation sites (N-methyl/N-ethyl adjacent to an activating group) is 1. The number of fused-ring (bicyclic) bond motifs is 1. The van der Waals surface area contributed by atoms with Crippen molar-refractivity contribution in [3.05, 3.63) is 45.1 Å². The van der Waals surface area contributed by atoms with Crippen molar-refractivity contribution in [1.82, 2.24) is 4.90 Å². The van der Waals surface area contributed by atoms with Crippen LogP contribution in [-0.2, 0) is 6.42 Å². The standard InChI is InChI=1S/C19H21BrClNO3/c1-4-5-6-7-8-12-14(23)10-9-13-16(12)25-19(18(13)24)17(21)15(20)11(2)22(19)3/h9-10,23H,2,4-8H2,1,3H3. The fourth-order valence-corrected chi connectivity index (χ4v) is 4.28. The number of aromatic hydroxyl groups is 1. The molecule has 0 amide bonds. The van der Waals surface area contributed by atoms with Gasteiger partial charge in [-0.05, 0) is 40.9 Å². The Morgan fingerprint density at radius 2 is 2.08 bits per heavy atom. The van der Waals surface area contributed by atoms with Gasteiger partial charge in [0.25, 0.3) is 5.72 Å². The number of carbonyl (C=O) groups is 1. The topological polar surface area (TPSA) is 49.8 Å².